The van der Waals surface area contributed by atoms with Crippen molar-refractivity contribution in [2.45, 2.75) is 19.5 Å². The maximum absolute atomic E-state index is 16.5. The van der Waals surface area contributed by atoms with Crippen molar-refractivity contribution in [3.63, 3.8) is 0 Å². The van der Waals surface area contributed by atoms with Crippen LogP contribution >= 0.6 is 11.3 Å². The number of aromatic nitrogens is 5. The van der Waals surface area contributed by atoms with E-state index < -0.39 is 5.67 Å². The Morgan fingerprint density at radius 3 is 2.66 bits per heavy atom. The molecule has 1 aliphatic carbocycles. The number of fused-ring (bicyclic) bond motifs is 2. The normalized spacial score (nSPS) is 17.5. The third-order valence-electron chi connectivity index (χ3n) is 5.77. The summed E-state index contributed by atoms with van der Waals surface area (Å²) < 4.78 is 18.2. The molecule has 0 N–H and O–H groups in total. The summed E-state index contributed by atoms with van der Waals surface area (Å²) in [6, 6.07) is 17.2. The lowest BCUT2D eigenvalue weighted by molar-refractivity contribution is 0.291. The molecular formula is C25H18FN5S. The zero-order valence-corrected chi connectivity index (χ0v) is 18.3. The number of halogens is 1. The first-order chi connectivity index (χ1) is 15.5. The van der Waals surface area contributed by atoms with Gasteiger partial charge in [-0.05, 0) is 49.2 Å². The van der Waals surface area contributed by atoms with Gasteiger partial charge >= 0.3 is 0 Å². The van der Waals surface area contributed by atoms with E-state index in [1.807, 2.05) is 73.8 Å². The number of para-hydroxylation sites is 1. The van der Waals surface area contributed by atoms with E-state index in [0.717, 1.165) is 38.3 Å². The number of pyridine rings is 1. The van der Waals surface area contributed by atoms with Gasteiger partial charge < -0.3 is 0 Å². The molecular weight excluding hydrogens is 421 g/mol. The lowest BCUT2D eigenvalue weighted by Gasteiger charge is -2.19. The molecule has 0 saturated heterocycles. The summed E-state index contributed by atoms with van der Waals surface area (Å²) in [5.41, 5.74) is 4.43. The van der Waals surface area contributed by atoms with Gasteiger partial charge in [0.05, 0.1) is 11.2 Å². The van der Waals surface area contributed by atoms with Crippen LogP contribution < -0.4 is 0 Å². The number of hydrogen-bond acceptors (Lipinski definition) is 5. The van der Waals surface area contributed by atoms with Crippen molar-refractivity contribution < 1.29 is 4.39 Å². The molecule has 5 aromatic rings. The molecule has 7 heteroatoms. The highest BCUT2D eigenvalue weighted by Gasteiger charge is 2.42. The van der Waals surface area contributed by atoms with Gasteiger partial charge in [0.15, 0.2) is 11.5 Å². The van der Waals surface area contributed by atoms with Crippen LogP contribution in [-0.2, 0) is 5.67 Å². The zero-order valence-electron chi connectivity index (χ0n) is 17.5. The van der Waals surface area contributed by atoms with Gasteiger partial charge in [0.1, 0.15) is 10.5 Å². The quantitative estimate of drug-likeness (QED) is 0.370. The summed E-state index contributed by atoms with van der Waals surface area (Å²) in [6.45, 7) is 3.95. The maximum Gasteiger partial charge on any atom is 0.197 e. The Morgan fingerprint density at radius 1 is 1.00 bits per heavy atom. The van der Waals surface area contributed by atoms with E-state index in [9.17, 15) is 0 Å². The lowest BCUT2D eigenvalue weighted by atomic mass is 9.93. The summed E-state index contributed by atoms with van der Waals surface area (Å²) in [6.07, 6.45) is 3.36. The average molecular weight is 440 g/mol. The van der Waals surface area contributed by atoms with Crippen LogP contribution in [0.4, 0.5) is 4.39 Å². The lowest BCUT2D eigenvalue weighted by Crippen LogP contribution is -2.18. The molecule has 5 nitrogen and oxygen atoms in total. The fourth-order valence-corrected chi connectivity index (χ4v) is 4.94. The SMILES string of the molecule is Cc1ccc(C2(F)C=C(c3nc(-n4nnc5ccccc54)cs3)c3cc(C)cnc32)cc1. The third kappa shape index (κ3) is 2.81. The summed E-state index contributed by atoms with van der Waals surface area (Å²) >= 11 is 1.46. The highest BCUT2D eigenvalue weighted by atomic mass is 32.1. The van der Waals surface area contributed by atoms with Crippen molar-refractivity contribution >= 4 is 27.9 Å². The minimum absolute atomic E-state index is 0.407. The first-order valence-electron chi connectivity index (χ1n) is 10.3. The zero-order chi connectivity index (χ0) is 21.9. The topological polar surface area (TPSA) is 56.5 Å². The number of allylic oxidation sites excluding steroid dienone is 1. The molecule has 1 aliphatic rings. The second-order valence-electron chi connectivity index (χ2n) is 8.05. The second kappa shape index (κ2) is 6.90. The molecule has 0 spiro atoms. The van der Waals surface area contributed by atoms with Crippen molar-refractivity contribution in [1.29, 1.82) is 0 Å². The van der Waals surface area contributed by atoms with Crippen LogP contribution in [0, 0.1) is 13.8 Å². The van der Waals surface area contributed by atoms with Gasteiger partial charge in [-0.3, -0.25) is 4.98 Å². The van der Waals surface area contributed by atoms with E-state index in [0.29, 0.717) is 17.1 Å². The van der Waals surface area contributed by atoms with E-state index in [1.54, 1.807) is 17.0 Å². The Bertz CT molecular complexity index is 1520. The molecule has 0 fully saturated rings. The number of alkyl halides is 1. The molecule has 3 heterocycles. The third-order valence-corrected chi connectivity index (χ3v) is 6.63. The van der Waals surface area contributed by atoms with Gasteiger partial charge in [0.2, 0.25) is 0 Å². The fraction of sp³-hybridized carbons (Fsp3) is 0.120. The van der Waals surface area contributed by atoms with E-state index in [4.69, 9.17) is 4.98 Å². The largest absolute Gasteiger partial charge is 0.256 e. The van der Waals surface area contributed by atoms with E-state index in [-0.39, 0.29) is 0 Å². The van der Waals surface area contributed by atoms with Crippen molar-refractivity contribution in [2.24, 2.45) is 0 Å². The molecule has 0 aliphatic heterocycles. The van der Waals surface area contributed by atoms with Crippen LogP contribution in [-0.4, -0.2) is 25.0 Å². The standard InChI is InChI=1S/C25H18FN5S/c1-15-7-9-17(10-8-15)25(26)12-19(18-11-16(2)13-27-23(18)25)24-28-22(14-32-24)31-21-6-4-3-5-20(21)29-30-31/h3-14H,1-2H3. The van der Waals surface area contributed by atoms with E-state index in [1.165, 1.54) is 11.3 Å². The van der Waals surface area contributed by atoms with E-state index in [2.05, 4.69) is 15.3 Å². The predicted octanol–water partition coefficient (Wildman–Crippen LogP) is 5.55. The number of benzene rings is 2. The number of aryl methyl sites for hydroxylation is 2. The Morgan fingerprint density at radius 2 is 1.81 bits per heavy atom. The second-order valence-corrected chi connectivity index (χ2v) is 8.90. The number of nitrogens with zero attached hydrogens (tertiary/aromatic N) is 5. The molecule has 1 atom stereocenters. The van der Waals surface area contributed by atoms with Crippen LogP contribution in [0.3, 0.4) is 0 Å². The molecule has 0 amide bonds. The summed E-state index contributed by atoms with van der Waals surface area (Å²) in [7, 11) is 0. The summed E-state index contributed by atoms with van der Waals surface area (Å²) in [5, 5.41) is 11.1. The molecule has 156 valence electrons. The predicted molar refractivity (Wildman–Crippen MR) is 124 cm³/mol. The molecule has 2 aromatic carbocycles. The Hall–Kier alpha value is -3.71. The van der Waals surface area contributed by atoms with Crippen molar-refractivity contribution in [2.75, 3.05) is 0 Å². The molecule has 0 saturated carbocycles. The van der Waals surface area contributed by atoms with Crippen molar-refractivity contribution in [1.82, 2.24) is 25.0 Å². The van der Waals surface area contributed by atoms with Gasteiger partial charge in [0.25, 0.3) is 0 Å². The van der Waals surface area contributed by atoms with Gasteiger partial charge in [-0.1, -0.05) is 47.2 Å². The maximum atomic E-state index is 16.5. The van der Waals surface area contributed by atoms with Crippen LogP contribution in [0.5, 0.6) is 0 Å². The average Bonchev–Trinajstić information content (AvgIpc) is 3.50. The van der Waals surface area contributed by atoms with Crippen molar-refractivity contribution in [3.05, 3.63) is 105 Å². The van der Waals surface area contributed by atoms with Gasteiger partial charge in [-0.15, -0.1) is 16.4 Å². The minimum Gasteiger partial charge on any atom is -0.256 e. The molecule has 6 rings (SSSR count). The van der Waals surface area contributed by atoms with Gasteiger partial charge in [-0.2, -0.15) is 4.68 Å². The van der Waals surface area contributed by atoms with Crippen LogP contribution in [0.2, 0.25) is 0 Å². The summed E-state index contributed by atoms with van der Waals surface area (Å²) in [4.78, 5) is 9.31. The Labute approximate surface area is 187 Å². The van der Waals surface area contributed by atoms with Crippen LogP contribution in [0.1, 0.15) is 33.0 Å². The van der Waals surface area contributed by atoms with Gasteiger partial charge in [0, 0.05) is 22.7 Å². The Balaban J connectivity index is 1.50. The van der Waals surface area contributed by atoms with E-state index >= 15 is 4.39 Å². The first kappa shape index (κ1) is 19.0. The smallest absolute Gasteiger partial charge is 0.197 e. The van der Waals surface area contributed by atoms with Crippen LogP contribution in [0.25, 0.3) is 22.4 Å². The minimum atomic E-state index is -1.81. The highest BCUT2D eigenvalue weighted by molar-refractivity contribution is 7.11. The Kier molecular flexibility index (Phi) is 4.10. The number of rotatable bonds is 3. The molecule has 32 heavy (non-hydrogen) atoms. The number of thiazole rings is 1. The molecule has 3 aromatic heterocycles. The molecule has 0 radical (unpaired) electrons. The van der Waals surface area contributed by atoms with Crippen LogP contribution in [0.15, 0.2) is 72.3 Å². The summed E-state index contributed by atoms with van der Waals surface area (Å²) in [5.74, 6) is 0.661. The molecule has 1 unspecified atom stereocenters. The fourth-order valence-electron chi connectivity index (χ4n) is 4.13. The van der Waals surface area contributed by atoms with Gasteiger partial charge in [-0.25, -0.2) is 9.37 Å². The monoisotopic (exact) mass is 439 g/mol. The highest BCUT2D eigenvalue weighted by Crippen LogP contribution is 2.48. The first-order valence-corrected chi connectivity index (χ1v) is 11.1. The van der Waals surface area contributed by atoms with Crippen molar-refractivity contribution in [3.8, 4) is 5.82 Å². The number of hydrogen-bond donors (Lipinski definition) is 0. The molecule has 0 bridgehead atoms.